The number of aliphatic carboxylic acids is 1. The van der Waals surface area contributed by atoms with Gasteiger partial charge >= 0.3 is 12.1 Å². The zero-order chi connectivity index (χ0) is 11.5. The molecule has 0 aromatic carbocycles. The van der Waals surface area contributed by atoms with Crippen LogP contribution in [0.4, 0.5) is 13.2 Å². The van der Waals surface area contributed by atoms with Crippen LogP contribution in [0.15, 0.2) is 12.3 Å². The molecule has 0 saturated carbocycles. The Labute approximate surface area is 82.4 Å². The van der Waals surface area contributed by atoms with Crippen LogP contribution in [0, 0.1) is 0 Å². The van der Waals surface area contributed by atoms with Crippen LogP contribution < -0.4 is 0 Å². The fraction of sp³-hybridized carbons (Fsp3) is 0.250. The zero-order valence-electron chi connectivity index (χ0n) is 7.38. The van der Waals surface area contributed by atoms with E-state index in [-0.39, 0.29) is 11.3 Å². The lowest BCUT2D eigenvalue weighted by Crippen LogP contribution is -2.12. The maximum Gasteiger partial charge on any atom is 0.394 e. The molecule has 0 saturated heterocycles. The highest BCUT2D eigenvalue weighted by Crippen LogP contribution is 2.22. The molecule has 1 rings (SSSR count). The summed E-state index contributed by atoms with van der Waals surface area (Å²) in [6.45, 7) is 0. The number of halogens is 3. The smallest absolute Gasteiger partial charge is 0.394 e. The Morgan fingerprint density at radius 2 is 2.27 bits per heavy atom. The average Bonchev–Trinajstić information content (AvgIpc) is 2.45. The van der Waals surface area contributed by atoms with Gasteiger partial charge in [-0.15, -0.1) is 0 Å². The maximum absolute atomic E-state index is 12.0. The van der Waals surface area contributed by atoms with E-state index in [1.807, 2.05) is 0 Å². The number of rotatable bonds is 3. The average molecular weight is 220 g/mol. The van der Waals surface area contributed by atoms with Crippen molar-refractivity contribution in [2.75, 3.05) is 0 Å². The molecular formula is C8H7F3N2O2. The molecule has 1 heterocycles. The predicted octanol–water partition coefficient (Wildman–Crippen LogP) is 1.61. The van der Waals surface area contributed by atoms with Gasteiger partial charge in [0.25, 0.3) is 0 Å². The van der Waals surface area contributed by atoms with Crippen molar-refractivity contribution in [3.8, 4) is 0 Å². The Morgan fingerprint density at radius 3 is 2.80 bits per heavy atom. The van der Waals surface area contributed by atoms with E-state index in [4.69, 9.17) is 5.11 Å². The van der Waals surface area contributed by atoms with Crippen LogP contribution in [0.25, 0.3) is 6.08 Å². The second-order valence-electron chi connectivity index (χ2n) is 2.75. The second-order valence-corrected chi connectivity index (χ2v) is 2.75. The van der Waals surface area contributed by atoms with E-state index >= 15 is 0 Å². The van der Waals surface area contributed by atoms with Gasteiger partial charge in [0.1, 0.15) is 0 Å². The minimum Gasteiger partial charge on any atom is -0.478 e. The summed E-state index contributed by atoms with van der Waals surface area (Å²) in [7, 11) is 0. The number of nitrogens with one attached hydrogen (secondary N) is 1. The first-order chi connectivity index (χ1) is 6.88. The summed E-state index contributed by atoms with van der Waals surface area (Å²) < 4.78 is 36.0. The molecule has 1 aromatic rings. The number of alkyl halides is 3. The summed E-state index contributed by atoms with van der Waals surface area (Å²) in [6.07, 6.45) is -2.52. The van der Waals surface area contributed by atoms with Gasteiger partial charge in [0.05, 0.1) is 12.1 Å². The molecule has 7 heteroatoms. The first-order valence-corrected chi connectivity index (χ1v) is 3.89. The van der Waals surface area contributed by atoms with E-state index in [0.29, 0.717) is 0 Å². The van der Waals surface area contributed by atoms with Crippen molar-refractivity contribution in [1.29, 1.82) is 0 Å². The maximum atomic E-state index is 12.0. The lowest BCUT2D eigenvalue weighted by atomic mass is 10.2. The summed E-state index contributed by atoms with van der Waals surface area (Å²) in [4.78, 5) is 10.2. The van der Waals surface area contributed by atoms with Crippen molar-refractivity contribution in [1.82, 2.24) is 10.2 Å². The molecule has 0 bridgehead atoms. The van der Waals surface area contributed by atoms with E-state index in [0.717, 1.165) is 12.2 Å². The summed E-state index contributed by atoms with van der Waals surface area (Å²) in [5.41, 5.74) is -0.102. The lowest BCUT2D eigenvalue weighted by molar-refractivity contribution is -0.131. The first-order valence-electron chi connectivity index (χ1n) is 3.89. The molecule has 0 aliphatic rings. The molecule has 15 heavy (non-hydrogen) atoms. The van der Waals surface area contributed by atoms with E-state index in [9.17, 15) is 18.0 Å². The molecule has 0 aliphatic heterocycles. The second kappa shape index (κ2) is 4.16. The van der Waals surface area contributed by atoms with Gasteiger partial charge in [0.2, 0.25) is 0 Å². The van der Waals surface area contributed by atoms with Crippen LogP contribution in [0.2, 0.25) is 0 Å². The minimum absolute atomic E-state index is 0.120. The zero-order valence-corrected chi connectivity index (χ0v) is 7.38. The quantitative estimate of drug-likeness (QED) is 0.760. The molecule has 0 spiro atoms. The van der Waals surface area contributed by atoms with Crippen molar-refractivity contribution in [3.63, 3.8) is 0 Å². The van der Waals surface area contributed by atoms with E-state index in [1.54, 1.807) is 0 Å². The summed E-state index contributed by atoms with van der Waals surface area (Å²) in [6, 6.07) is 0. The predicted molar refractivity (Wildman–Crippen MR) is 45.0 cm³/mol. The molecule has 0 unspecified atom stereocenters. The molecular weight excluding hydrogens is 213 g/mol. The van der Waals surface area contributed by atoms with Gasteiger partial charge in [-0.1, -0.05) is 0 Å². The topological polar surface area (TPSA) is 66.0 Å². The van der Waals surface area contributed by atoms with Crippen molar-refractivity contribution in [3.05, 3.63) is 23.5 Å². The van der Waals surface area contributed by atoms with Gasteiger partial charge in [-0.25, -0.2) is 4.79 Å². The number of hydrogen-bond acceptors (Lipinski definition) is 2. The van der Waals surface area contributed by atoms with Crippen LogP contribution >= 0.6 is 0 Å². The van der Waals surface area contributed by atoms with Gasteiger partial charge < -0.3 is 5.11 Å². The van der Waals surface area contributed by atoms with Gasteiger partial charge in [0.15, 0.2) is 0 Å². The molecule has 0 fully saturated rings. The van der Waals surface area contributed by atoms with Crippen LogP contribution in [0.1, 0.15) is 11.3 Å². The summed E-state index contributed by atoms with van der Waals surface area (Å²) in [5, 5.41) is 13.9. The third-order valence-corrected chi connectivity index (χ3v) is 1.53. The number of nitrogens with zero attached hydrogens (tertiary/aromatic N) is 1. The SMILES string of the molecule is O=C(O)/C=C/c1c[nH]nc1CC(F)(F)F. The van der Waals surface area contributed by atoms with Gasteiger partial charge in [-0.2, -0.15) is 18.3 Å². The number of aromatic nitrogens is 2. The Hall–Kier alpha value is -1.79. The van der Waals surface area contributed by atoms with Crippen LogP contribution in [0.3, 0.4) is 0 Å². The monoisotopic (exact) mass is 220 g/mol. The molecule has 2 N–H and O–H groups in total. The lowest BCUT2D eigenvalue weighted by Gasteiger charge is -2.03. The molecule has 0 radical (unpaired) electrons. The number of aromatic amines is 1. The molecule has 0 aliphatic carbocycles. The third-order valence-electron chi connectivity index (χ3n) is 1.53. The van der Waals surface area contributed by atoms with Crippen molar-refractivity contribution < 1.29 is 23.1 Å². The van der Waals surface area contributed by atoms with Gasteiger partial charge in [-0.3, -0.25) is 5.10 Å². The van der Waals surface area contributed by atoms with Gasteiger partial charge in [0, 0.05) is 17.8 Å². The molecule has 4 nitrogen and oxygen atoms in total. The number of carboxylic acid groups (broad SMARTS) is 1. The highest BCUT2D eigenvalue weighted by atomic mass is 19.4. The van der Waals surface area contributed by atoms with E-state index in [1.165, 1.54) is 6.20 Å². The minimum atomic E-state index is -4.36. The standard InChI is InChI=1S/C8H7F3N2O2/c9-8(10,11)3-6-5(4-12-13-6)1-2-7(14)15/h1-2,4H,3H2,(H,12,13)(H,14,15)/b2-1+. The summed E-state index contributed by atoms with van der Waals surface area (Å²) >= 11 is 0. The van der Waals surface area contributed by atoms with Crippen molar-refractivity contribution in [2.24, 2.45) is 0 Å². The third kappa shape index (κ3) is 3.84. The Kier molecular flexibility index (Phi) is 3.13. The molecule has 0 amide bonds. The molecule has 0 atom stereocenters. The number of H-pyrrole nitrogens is 1. The van der Waals surface area contributed by atoms with Crippen molar-refractivity contribution in [2.45, 2.75) is 12.6 Å². The fourth-order valence-corrected chi connectivity index (χ4v) is 0.964. The van der Waals surface area contributed by atoms with Crippen LogP contribution in [0.5, 0.6) is 0 Å². The normalized spacial score (nSPS) is 12.2. The highest BCUT2D eigenvalue weighted by molar-refractivity contribution is 5.85. The first kappa shape index (κ1) is 11.3. The van der Waals surface area contributed by atoms with Crippen molar-refractivity contribution >= 4 is 12.0 Å². The van der Waals surface area contributed by atoms with Crippen LogP contribution in [-0.2, 0) is 11.2 Å². The van der Waals surface area contributed by atoms with E-state index < -0.39 is 18.6 Å². The Balaban J connectivity index is 2.83. The number of carbonyl (C=O) groups is 1. The van der Waals surface area contributed by atoms with Crippen LogP contribution in [-0.4, -0.2) is 27.4 Å². The Bertz CT molecular complexity index is 381. The largest absolute Gasteiger partial charge is 0.478 e. The van der Waals surface area contributed by atoms with Gasteiger partial charge in [-0.05, 0) is 6.08 Å². The molecule has 82 valence electrons. The number of carboxylic acids is 1. The highest BCUT2D eigenvalue weighted by Gasteiger charge is 2.29. The fourth-order valence-electron chi connectivity index (χ4n) is 0.964. The Morgan fingerprint density at radius 1 is 1.60 bits per heavy atom. The summed E-state index contributed by atoms with van der Waals surface area (Å²) in [5.74, 6) is -1.23. The molecule has 1 aromatic heterocycles. The number of hydrogen-bond donors (Lipinski definition) is 2. The van der Waals surface area contributed by atoms with E-state index in [2.05, 4.69) is 10.2 Å².